The summed E-state index contributed by atoms with van der Waals surface area (Å²) in [5, 5.41) is 8.93. The Hall–Kier alpha value is -1.69. The first-order chi connectivity index (χ1) is 11.3. The van der Waals surface area contributed by atoms with Gasteiger partial charge in [-0.2, -0.15) is 0 Å². The standard InChI is InChI=1S/C19H23NO3S/c1-3-14-6-8-15(9-7-14)17-18(19(17,20)12-21)24(22,23)16-10-4-13(2)5-11-16/h4-11,17-18,21H,3,12,20H2,1-2H3/t17-,18-,19-/m1/s1. The van der Waals surface area contributed by atoms with E-state index in [1.165, 1.54) is 5.56 Å². The zero-order valence-electron chi connectivity index (χ0n) is 13.9. The summed E-state index contributed by atoms with van der Waals surface area (Å²) in [4.78, 5) is 0.258. The molecule has 5 heteroatoms. The number of benzene rings is 2. The molecule has 1 saturated carbocycles. The monoisotopic (exact) mass is 345 g/mol. The van der Waals surface area contributed by atoms with Crippen LogP contribution in [0.5, 0.6) is 0 Å². The molecule has 0 aromatic heterocycles. The Balaban J connectivity index is 1.98. The zero-order chi connectivity index (χ0) is 17.5. The molecule has 2 aromatic rings. The highest BCUT2D eigenvalue weighted by molar-refractivity contribution is 7.92. The minimum atomic E-state index is -3.60. The van der Waals surface area contributed by atoms with Crippen molar-refractivity contribution in [3.63, 3.8) is 0 Å². The van der Waals surface area contributed by atoms with Crippen LogP contribution in [0.2, 0.25) is 0 Å². The SMILES string of the molecule is CCc1ccc([C@@H]2[C@@H](S(=O)(=O)c3ccc(C)cc3)[C@@]2(N)CO)cc1. The number of sulfone groups is 1. The van der Waals surface area contributed by atoms with E-state index in [-0.39, 0.29) is 17.4 Å². The van der Waals surface area contributed by atoms with Crippen LogP contribution >= 0.6 is 0 Å². The number of aliphatic hydroxyl groups is 1. The van der Waals surface area contributed by atoms with Crippen LogP contribution in [0.25, 0.3) is 0 Å². The van der Waals surface area contributed by atoms with Gasteiger partial charge in [0.05, 0.1) is 22.3 Å². The Morgan fingerprint density at radius 1 is 1.08 bits per heavy atom. The van der Waals surface area contributed by atoms with E-state index in [1.807, 2.05) is 31.2 Å². The fourth-order valence-corrected chi connectivity index (χ4v) is 5.70. The number of aliphatic hydroxyl groups excluding tert-OH is 1. The highest BCUT2D eigenvalue weighted by Gasteiger charge is 2.69. The smallest absolute Gasteiger partial charge is 0.183 e. The van der Waals surface area contributed by atoms with E-state index >= 15 is 0 Å². The molecule has 3 atom stereocenters. The third-order valence-electron chi connectivity index (χ3n) is 5.01. The molecule has 0 saturated heterocycles. The van der Waals surface area contributed by atoms with Crippen molar-refractivity contribution < 1.29 is 13.5 Å². The van der Waals surface area contributed by atoms with Gasteiger partial charge in [0.2, 0.25) is 0 Å². The summed E-state index contributed by atoms with van der Waals surface area (Å²) in [5.74, 6) is -0.389. The molecule has 1 fully saturated rings. The van der Waals surface area contributed by atoms with Gasteiger partial charge in [-0.3, -0.25) is 0 Å². The van der Waals surface area contributed by atoms with Crippen molar-refractivity contribution in [2.75, 3.05) is 6.61 Å². The summed E-state index contributed by atoms with van der Waals surface area (Å²) in [7, 11) is -3.60. The number of hydrogen-bond acceptors (Lipinski definition) is 4. The lowest BCUT2D eigenvalue weighted by molar-refractivity contribution is 0.253. The molecular weight excluding hydrogens is 322 g/mol. The molecule has 4 nitrogen and oxygen atoms in total. The highest BCUT2D eigenvalue weighted by atomic mass is 32.2. The summed E-state index contributed by atoms with van der Waals surface area (Å²) >= 11 is 0. The Bertz CT molecular complexity index is 828. The molecule has 3 rings (SSSR count). The fraction of sp³-hybridized carbons (Fsp3) is 0.368. The van der Waals surface area contributed by atoms with E-state index in [1.54, 1.807) is 24.3 Å². The van der Waals surface area contributed by atoms with Crippen LogP contribution in [0, 0.1) is 6.92 Å². The second-order valence-corrected chi connectivity index (χ2v) is 8.69. The van der Waals surface area contributed by atoms with Gasteiger partial charge in [-0.05, 0) is 36.6 Å². The van der Waals surface area contributed by atoms with Crippen LogP contribution in [0.3, 0.4) is 0 Å². The van der Waals surface area contributed by atoms with Gasteiger partial charge in [-0.25, -0.2) is 8.42 Å². The Labute approximate surface area is 143 Å². The van der Waals surface area contributed by atoms with Crippen molar-refractivity contribution in [3.8, 4) is 0 Å². The number of hydrogen-bond donors (Lipinski definition) is 2. The van der Waals surface area contributed by atoms with Crippen molar-refractivity contribution in [1.82, 2.24) is 0 Å². The summed E-state index contributed by atoms with van der Waals surface area (Å²) in [5.41, 5.74) is 8.18. The lowest BCUT2D eigenvalue weighted by Crippen LogP contribution is -2.35. The van der Waals surface area contributed by atoms with Crippen LogP contribution in [0.15, 0.2) is 53.4 Å². The Morgan fingerprint density at radius 3 is 2.17 bits per heavy atom. The molecule has 0 heterocycles. The van der Waals surface area contributed by atoms with E-state index in [2.05, 4.69) is 6.92 Å². The number of nitrogens with two attached hydrogens (primary N) is 1. The second-order valence-electron chi connectivity index (χ2n) is 6.62. The van der Waals surface area contributed by atoms with Crippen LogP contribution in [-0.4, -0.2) is 30.9 Å². The summed E-state index contributed by atoms with van der Waals surface area (Å²) in [6, 6.07) is 14.6. The minimum absolute atomic E-state index is 0.258. The van der Waals surface area contributed by atoms with E-state index < -0.39 is 20.6 Å². The van der Waals surface area contributed by atoms with E-state index in [4.69, 9.17) is 5.73 Å². The lowest BCUT2D eigenvalue weighted by Gasteiger charge is -2.08. The predicted octanol–water partition coefficient (Wildman–Crippen LogP) is 2.19. The second kappa shape index (κ2) is 5.99. The van der Waals surface area contributed by atoms with Gasteiger partial charge in [0.15, 0.2) is 9.84 Å². The lowest BCUT2D eigenvalue weighted by atomic mass is 10.0. The van der Waals surface area contributed by atoms with Crippen molar-refractivity contribution in [3.05, 3.63) is 65.2 Å². The predicted molar refractivity (Wildman–Crippen MR) is 94.7 cm³/mol. The number of rotatable bonds is 5. The van der Waals surface area contributed by atoms with Crippen LogP contribution in [0.4, 0.5) is 0 Å². The quantitative estimate of drug-likeness (QED) is 0.870. The van der Waals surface area contributed by atoms with Gasteiger partial charge in [-0.15, -0.1) is 0 Å². The normalized spacial score (nSPS) is 26.3. The maximum atomic E-state index is 13.0. The molecule has 0 amide bonds. The van der Waals surface area contributed by atoms with E-state index in [0.717, 1.165) is 17.5 Å². The molecule has 0 bridgehead atoms. The highest BCUT2D eigenvalue weighted by Crippen LogP contribution is 2.55. The fourth-order valence-electron chi connectivity index (χ4n) is 3.40. The maximum Gasteiger partial charge on any atom is 0.183 e. The van der Waals surface area contributed by atoms with Crippen molar-refractivity contribution >= 4 is 9.84 Å². The van der Waals surface area contributed by atoms with Gasteiger partial charge < -0.3 is 10.8 Å². The van der Waals surface area contributed by atoms with Crippen molar-refractivity contribution in [1.29, 1.82) is 0 Å². The topological polar surface area (TPSA) is 80.4 Å². The molecule has 24 heavy (non-hydrogen) atoms. The summed E-state index contributed by atoms with van der Waals surface area (Å²) in [6.07, 6.45) is 0.920. The Kier molecular flexibility index (Phi) is 4.28. The first kappa shape index (κ1) is 17.1. The van der Waals surface area contributed by atoms with Gasteiger partial charge in [-0.1, -0.05) is 48.9 Å². The van der Waals surface area contributed by atoms with Crippen LogP contribution < -0.4 is 5.73 Å². The molecule has 128 valence electrons. The van der Waals surface area contributed by atoms with Crippen molar-refractivity contribution in [2.24, 2.45) is 5.73 Å². The van der Waals surface area contributed by atoms with Gasteiger partial charge >= 0.3 is 0 Å². The molecule has 2 aromatic carbocycles. The zero-order valence-corrected chi connectivity index (χ0v) is 14.8. The molecule has 0 unspecified atom stereocenters. The molecule has 1 aliphatic carbocycles. The van der Waals surface area contributed by atoms with Crippen LogP contribution in [-0.2, 0) is 16.3 Å². The summed E-state index contributed by atoms with van der Waals surface area (Å²) in [6.45, 7) is 3.62. The Morgan fingerprint density at radius 2 is 1.67 bits per heavy atom. The van der Waals surface area contributed by atoms with Crippen LogP contribution in [0.1, 0.15) is 29.5 Å². The average Bonchev–Trinajstić information content (AvgIpc) is 3.23. The molecule has 1 aliphatic rings. The average molecular weight is 345 g/mol. The van der Waals surface area contributed by atoms with Crippen molar-refractivity contribution in [2.45, 2.75) is 41.9 Å². The molecule has 0 radical (unpaired) electrons. The van der Waals surface area contributed by atoms with E-state index in [0.29, 0.717) is 0 Å². The van der Waals surface area contributed by atoms with E-state index in [9.17, 15) is 13.5 Å². The largest absolute Gasteiger partial charge is 0.394 e. The molecular formula is C19H23NO3S. The molecule has 0 spiro atoms. The van der Waals surface area contributed by atoms with Gasteiger partial charge in [0.1, 0.15) is 0 Å². The molecule has 3 N–H and O–H groups in total. The first-order valence-corrected chi connectivity index (χ1v) is 9.68. The van der Waals surface area contributed by atoms with Gasteiger partial charge in [0, 0.05) is 5.92 Å². The molecule has 0 aliphatic heterocycles. The third-order valence-corrected chi connectivity index (χ3v) is 7.32. The number of aryl methyl sites for hydroxylation is 2. The first-order valence-electron chi connectivity index (χ1n) is 8.13. The minimum Gasteiger partial charge on any atom is -0.394 e. The summed E-state index contributed by atoms with van der Waals surface area (Å²) < 4.78 is 26.0. The maximum absolute atomic E-state index is 13.0. The van der Waals surface area contributed by atoms with Gasteiger partial charge in [0.25, 0.3) is 0 Å². The third kappa shape index (κ3) is 2.66.